The second kappa shape index (κ2) is 8.82. The SMILES string of the molecule is Cn1c(NCc2ccc(Oc3ncc(C(F)(F)F)cn3)cc2)nc2ccc(NC3COC3)cc21. The van der Waals surface area contributed by atoms with E-state index in [0.717, 1.165) is 41.4 Å². The van der Waals surface area contributed by atoms with Gasteiger partial charge in [0.2, 0.25) is 5.95 Å². The normalized spacial score (nSPS) is 14.1. The number of nitrogens with one attached hydrogen (secondary N) is 2. The first kappa shape index (κ1) is 22.0. The summed E-state index contributed by atoms with van der Waals surface area (Å²) in [6.07, 6.45) is -3.10. The number of aromatic nitrogens is 4. The lowest BCUT2D eigenvalue weighted by molar-refractivity contribution is -0.138. The van der Waals surface area contributed by atoms with Crippen molar-refractivity contribution in [2.75, 3.05) is 23.8 Å². The molecule has 176 valence electrons. The minimum atomic E-state index is -4.49. The van der Waals surface area contributed by atoms with Crippen LogP contribution in [0.2, 0.25) is 0 Å². The van der Waals surface area contributed by atoms with E-state index >= 15 is 0 Å². The van der Waals surface area contributed by atoms with Crippen LogP contribution in [0.25, 0.3) is 11.0 Å². The third-order valence-electron chi connectivity index (χ3n) is 5.43. The Morgan fingerprint density at radius 2 is 1.82 bits per heavy atom. The number of aryl methyl sites for hydroxylation is 1. The maximum atomic E-state index is 12.6. The molecule has 3 heterocycles. The van der Waals surface area contributed by atoms with Gasteiger partial charge in [0, 0.05) is 31.7 Å². The number of hydrogen-bond donors (Lipinski definition) is 2. The predicted molar refractivity (Wildman–Crippen MR) is 120 cm³/mol. The van der Waals surface area contributed by atoms with Crippen LogP contribution in [0.4, 0.5) is 24.8 Å². The zero-order chi connectivity index (χ0) is 23.7. The topological polar surface area (TPSA) is 86.1 Å². The van der Waals surface area contributed by atoms with Gasteiger partial charge < -0.3 is 24.7 Å². The van der Waals surface area contributed by atoms with Gasteiger partial charge in [0.1, 0.15) is 5.75 Å². The molecule has 1 fully saturated rings. The van der Waals surface area contributed by atoms with E-state index in [9.17, 15) is 13.2 Å². The number of ether oxygens (including phenoxy) is 2. The van der Waals surface area contributed by atoms with Gasteiger partial charge in [0.15, 0.2) is 0 Å². The van der Waals surface area contributed by atoms with Crippen LogP contribution in [0, 0.1) is 0 Å². The number of hydrogen-bond acceptors (Lipinski definition) is 7. The zero-order valence-corrected chi connectivity index (χ0v) is 18.1. The number of benzene rings is 2. The first-order chi connectivity index (χ1) is 16.3. The van der Waals surface area contributed by atoms with Crippen molar-refractivity contribution in [3.05, 3.63) is 66.0 Å². The van der Waals surface area contributed by atoms with Crippen LogP contribution in [0.15, 0.2) is 54.9 Å². The molecule has 2 N–H and O–H groups in total. The van der Waals surface area contributed by atoms with Crippen molar-refractivity contribution >= 4 is 22.7 Å². The molecule has 0 spiro atoms. The minimum absolute atomic E-state index is 0.155. The second-order valence-electron chi connectivity index (χ2n) is 7.93. The quantitative estimate of drug-likeness (QED) is 0.408. The molecule has 1 aliphatic heterocycles. The minimum Gasteiger partial charge on any atom is -0.424 e. The van der Waals surface area contributed by atoms with Gasteiger partial charge in [-0.15, -0.1) is 0 Å². The molecule has 8 nitrogen and oxygen atoms in total. The summed E-state index contributed by atoms with van der Waals surface area (Å²) in [5.41, 5.74) is 2.97. The van der Waals surface area contributed by atoms with Crippen LogP contribution in [0.3, 0.4) is 0 Å². The predicted octanol–water partition coefficient (Wildman–Crippen LogP) is 4.60. The summed E-state index contributed by atoms with van der Waals surface area (Å²) >= 11 is 0. The molecule has 2 aromatic heterocycles. The Hall–Kier alpha value is -3.86. The van der Waals surface area contributed by atoms with E-state index in [2.05, 4.69) is 31.7 Å². The fourth-order valence-electron chi connectivity index (χ4n) is 3.47. The maximum Gasteiger partial charge on any atom is 0.419 e. The summed E-state index contributed by atoms with van der Waals surface area (Å²) in [5.74, 6) is 1.15. The van der Waals surface area contributed by atoms with E-state index in [0.29, 0.717) is 30.7 Å². The molecule has 1 aliphatic rings. The number of anilines is 2. The Balaban J connectivity index is 1.21. The summed E-state index contributed by atoms with van der Waals surface area (Å²) < 4.78 is 50.5. The van der Waals surface area contributed by atoms with E-state index in [1.165, 1.54) is 0 Å². The van der Waals surface area contributed by atoms with E-state index in [1.54, 1.807) is 12.1 Å². The molecule has 5 rings (SSSR count). The Morgan fingerprint density at radius 3 is 2.47 bits per heavy atom. The molecule has 11 heteroatoms. The van der Waals surface area contributed by atoms with Gasteiger partial charge in [-0.25, -0.2) is 15.0 Å². The van der Waals surface area contributed by atoms with Gasteiger partial charge in [-0.2, -0.15) is 13.2 Å². The lowest BCUT2D eigenvalue weighted by Gasteiger charge is -2.27. The number of imidazole rings is 1. The first-order valence-electron chi connectivity index (χ1n) is 10.6. The third kappa shape index (κ3) is 4.74. The van der Waals surface area contributed by atoms with Crippen LogP contribution >= 0.6 is 0 Å². The monoisotopic (exact) mass is 470 g/mol. The van der Waals surface area contributed by atoms with Crippen LogP contribution in [-0.4, -0.2) is 38.8 Å². The smallest absolute Gasteiger partial charge is 0.419 e. The lowest BCUT2D eigenvalue weighted by atomic mass is 10.2. The van der Waals surface area contributed by atoms with Crippen LogP contribution in [0.5, 0.6) is 11.8 Å². The van der Waals surface area contributed by atoms with Crippen molar-refractivity contribution in [3.63, 3.8) is 0 Å². The molecule has 34 heavy (non-hydrogen) atoms. The van der Waals surface area contributed by atoms with E-state index in [1.807, 2.05) is 35.9 Å². The Kier molecular flexibility index (Phi) is 5.70. The average Bonchev–Trinajstić information content (AvgIpc) is 3.11. The standard InChI is InChI=1S/C23H21F3N6O2/c1-32-20-8-16(30-17-12-33-13-17)4-7-19(20)31-21(32)27-9-14-2-5-18(6-3-14)34-22-28-10-15(11-29-22)23(24,25)26/h2-8,10-11,17,30H,9,12-13H2,1H3,(H,27,31). The molecule has 1 saturated heterocycles. The third-order valence-corrected chi connectivity index (χ3v) is 5.43. The van der Waals surface area contributed by atoms with E-state index in [4.69, 9.17) is 9.47 Å². The van der Waals surface area contributed by atoms with Crippen molar-refractivity contribution in [1.29, 1.82) is 0 Å². The Bertz CT molecular complexity index is 1290. The van der Waals surface area contributed by atoms with E-state index in [-0.39, 0.29) is 6.01 Å². The maximum absolute atomic E-state index is 12.6. The second-order valence-corrected chi connectivity index (χ2v) is 7.93. The molecule has 0 unspecified atom stereocenters. The highest BCUT2D eigenvalue weighted by atomic mass is 19.4. The largest absolute Gasteiger partial charge is 0.424 e. The van der Waals surface area contributed by atoms with E-state index < -0.39 is 11.7 Å². The summed E-state index contributed by atoms with van der Waals surface area (Å²) in [7, 11) is 1.95. The highest BCUT2D eigenvalue weighted by Gasteiger charge is 2.31. The van der Waals surface area contributed by atoms with Gasteiger partial charge in [0.05, 0.1) is 35.9 Å². The molecule has 0 saturated carbocycles. The number of halogens is 3. The fraction of sp³-hybridized carbons (Fsp3) is 0.261. The van der Waals surface area contributed by atoms with Crippen molar-refractivity contribution in [3.8, 4) is 11.8 Å². The highest BCUT2D eigenvalue weighted by molar-refractivity contribution is 5.82. The van der Waals surface area contributed by atoms with Gasteiger partial charge in [-0.3, -0.25) is 0 Å². The number of fused-ring (bicyclic) bond motifs is 1. The van der Waals surface area contributed by atoms with Crippen LogP contribution < -0.4 is 15.4 Å². The van der Waals surface area contributed by atoms with Gasteiger partial charge in [-0.05, 0) is 35.9 Å². The first-order valence-corrected chi connectivity index (χ1v) is 10.6. The molecule has 0 atom stereocenters. The number of nitrogens with zero attached hydrogens (tertiary/aromatic N) is 4. The zero-order valence-electron chi connectivity index (χ0n) is 18.1. The van der Waals surface area contributed by atoms with Crippen molar-refractivity contribution < 1.29 is 22.6 Å². The van der Waals surface area contributed by atoms with Gasteiger partial charge >= 0.3 is 12.2 Å². The van der Waals surface area contributed by atoms with Crippen molar-refractivity contribution in [2.24, 2.45) is 7.05 Å². The fourth-order valence-corrected chi connectivity index (χ4v) is 3.47. The molecule has 4 aromatic rings. The molecular weight excluding hydrogens is 449 g/mol. The average molecular weight is 470 g/mol. The molecular formula is C23H21F3N6O2. The van der Waals surface area contributed by atoms with Gasteiger partial charge in [-0.1, -0.05) is 12.1 Å². The number of rotatable bonds is 7. The van der Waals surface area contributed by atoms with Crippen LogP contribution in [-0.2, 0) is 24.5 Å². The molecule has 0 radical (unpaired) electrons. The number of alkyl halides is 3. The lowest BCUT2D eigenvalue weighted by Crippen LogP contribution is -2.40. The Morgan fingerprint density at radius 1 is 1.09 bits per heavy atom. The summed E-state index contributed by atoms with van der Waals surface area (Å²) in [6.45, 7) is 1.97. The Labute approximate surface area is 192 Å². The van der Waals surface area contributed by atoms with Crippen molar-refractivity contribution in [1.82, 2.24) is 19.5 Å². The summed E-state index contributed by atoms with van der Waals surface area (Å²) in [4.78, 5) is 11.9. The molecule has 0 aliphatic carbocycles. The molecule has 2 aromatic carbocycles. The van der Waals surface area contributed by atoms with Gasteiger partial charge in [0.25, 0.3) is 0 Å². The summed E-state index contributed by atoms with van der Waals surface area (Å²) in [6, 6.07) is 13.4. The van der Waals surface area contributed by atoms with Crippen LogP contribution in [0.1, 0.15) is 11.1 Å². The summed E-state index contributed by atoms with van der Waals surface area (Å²) in [5, 5.41) is 6.77. The molecule has 0 bridgehead atoms. The molecule has 0 amide bonds. The van der Waals surface area contributed by atoms with Crippen molar-refractivity contribution in [2.45, 2.75) is 18.8 Å². The highest BCUT2D eigenvalue weighted by Crippen LogP contribution is 2.29.